The number of hydrogen-bond donors (Lipinski definition) is 0. The molecule has 0 aliphatic carbocycles. The Kier molecular flexibility index (Phi) is 9.69. The van der Waals surface area contributed by atoms with Crippen molar-refractivity contribution in [3.05, 3.63) is 0 Å². The molecule has 0 saturated heterocycles. The Hall–Kier alpha value is -1.28. The minimum Gasteiger partial charge on any atom is -0.462 e. The highest BCUT2D eigenvalue weighted by Crippen LogP contribution is 2.29. The van der Waals surface area contributed by atoms with Crippen molar-refractivity contribution in [3.8, 4) is 0 Å². The minimum absolute atomic E-state index is 0.0871. The molecule has 0 heterocycles. The Morgan fingerprint density at radius 3 is 1.71 bits per heavy atom. The molecule has 14 heteroatoms. The van der Waals surface area contributed by atoms with Crippen LogP contribution < -0.4 is 0 Å². The van der Waals surface area contributed by atoms with Gasteiger partial charge in [-0.1, -0.05) is 13.8 Å². The first-order valence-corrected chi connectivity index (χ1v) is 14.9. The van der Waals surface area contributed by atoms with Gasteiger partial charge < -0.3 is 9.47 Å². The quantitative estimate of drug-likeness (QED) is 0.344. The van der Waals surface area contributed by atoms with Crippen LogP contribution in [0.15, 0.2) is 0 Å². The first kappa shape index (κ1) is 29.7. The summed E-state index contributed by atoms with van der Waals surface area (Å²) in [6.45, 7) is 6.18. The summed E-state index contributed by atoms with van der Waals surface area (Å²) in [5.74, 6) is -3.43. The van der Waals surface area contributed by atoms with Gasteiger partial charge in [-0.15, -0.1) is 0 Å². The average molecular weight is 511 g/mol. The van der Waals surface area contributed by atoms with Crippen LogP contribution in [0.3, 0.4) is 0 Å². The Bertz CT molecular complexity index is 947. The van der Waals surface area contributed by atoms with Crippen molar-refractivity contribution in [2.75, 3.05) is 24.9 Å². The van der Waals surface area contributed by atoms with Gasteiger partial charge in [0.1, 0.15) is 12.7 Å². The zero-order valence-electron chi connectivity index (χ0n) is 18.7. The number of halogens is 1. The molecule has 0 aliphatic heterocycles. The molecule has 0 aromatic carbocycles. The molecule has 0 aromatic rings. The van der Waals surface area contributed by atoms with Gasteiger partial charge in [0.15, 0.2) is 29.5 Å². The van der Waals surface area contributed by atoms with Gasteiger partial charge in [-0.3, -0.25) is 4.79 Å². The number of rotatable bonds is 12. The van der Waals surface area contributed by atoms with Crippen LogP contribution in [0.25, 0.3) is 0 Å². The van der Waals surface area contributed by atoms with Crippen LogP contribution in [0.1, 0.15) is 47.5 Å². The summed E-state index contributed by atoms with van der Waals surface area (Å²) < 4.78 is 93.1. The summed E-state index contributed by atoms with van der Waals surface area (Å²) in [7, 11) is -13.9. The van der Waals surface area contributed by atoms with Gasteiger partial charge >= 0.3 is 11.9 Å². The van der Waals surface area contributed by atoms with Gasteiger partial charge in [-0.25, -0.2) is 34.4 Å². The molecular formula is C17H31FO10S3. The van der Waals surface area contributed by atoms with Crippen LogP contribution in [0.5, 0.6) is 0 Å². The molecule has 0 spiro atoms. The van der Waals surface area contributed by atoms with E-state index in [1.54, 1.807) is 20.8 Å². The van der Waals surface area contributed by atoms with Crippen molar-refractivity contribution in [2.45, 2.75) is 63.1 Å². The SMILES string of the molecule is CCC(OC(=O)C(C)(C)CC)C(C)(F)C(=O)OCCS(=O)(=O)C(S(C)(=O)=O)S(C)(=O)=O. The number of ether oxygens (including phenoxy) is 2. The lowest BCUT2D eigenvalue weighted by molar-refractivity contribution is -0.179. The number of esters is 2. The highest BCUT2D eigenvalue weighted by molar-refractivity contribution is 8.23. The lowest BCUT2D eigenvalue weighted by atomic mass is 9.90. The second kappa shape index (κ2) is 10.1. The van der Waals surface area contributed by atoms with E-state index in [9.17, 15) is 34.8 Å². The summed E-state index contributed by atoms with van der Waals surface area (Å²) in [5, 5.41) is 0. The van der Waals surface area contributed by atoms with Crippen molar-refractivity contribution in [3.63, 3.8) is 0 Å². The number of hydrogen-bond acceptors (Lipinski definition) is 10. The standard InChI is InChI=1S/C17H31FO10S3/c1-8-12(28-13(19)16(3,4)9-2)17(5,18)14(20)27-10-11-31(25,26)15(29(6,21)22)30(7,23)24/h12,15H,8-11H2,1-7H3. The largest absolute Gasteiger partial charge is 0.462 e. The second-order valence-corrected chi connectivity index (χ2v) is 15.4. The molecule has 0 radical (unpaired) electrons. The number of alkyl halides is 1. The molecule has 0 bridgehead atoms. The summed E-state index contributed by atoms with van der Waals surface area (Å²) in [5.41, 5.74) is -3.75. The van der Waals surface area contributed by atoms with E-state index < -0.39 is 74.9 Å². The Balaban J connectivity index is 5.40. The Labute approximate surface area is 183 Å². The van der Waals surface area contributed by atoms with Crippen LogP contribution in [-0.2, 0) is 48.6 Å². The average Bonchev–Trinajstić information content (AvgIpc) is 2.55. The second-order valence-electron chi connectivity index (χ2n) is 8.07. The maximum atomic E-state index is 15.1. The molecule has 0 N–H and O–H groups in total. The van der Waals surface area contributed by atoms with Crippen LogP contribution in [0.4, 0.5) is 4.39 Å². The van der Waals surface area contributed by atoms with Gasteiger partial charge in [0, 0.05) is 12.5 Å². The predicted octanol–water partition coefficient (Wildman–Crippen LogP) is 0.803. The van der Waals surface area contributed by atoms with Gasteiger partial charge in [-0.05, 0) is 33.6 Å². The summed E-state index contributed by atoms with van der Waals surface area (Å²) >= 11 is 0. The minimum atomic E-state index is -4.81. The summed E-state index contributed by atoms with van der Waals surface area (Å²) in [6.07, 6.45) is -0.321. The van der Waals surface area contributed by atoms with E-state index in [0.29, 0.717) is 18.9 Å². The number of carbonyl (C=O) groups is 2. The maximum absolute atomic E-state index is 15.1. The fourth-order valence-corrected chi connectivity index (χ4v) is 10.4. The lowest BCUT2D eigenvalue weighted by Gasteiger charge is -2.30. The fraction of sp³-hybridized carbons (Fsp3) is 0.882. The van der Waals surface area contributed by atoms with Gasteiger partial charge in [0.25, 0.3) is 3.91 Å². The summed E-state index contributed by atoms with van der Waals surface area (Å²) in [6, 6.07) is 0. The third-order valence-corrected chi connectivity index (χ3v) is 13.3. The van der Waals surface area contributed by atoms with E-state index >= 15 is 4.39 Å². The predicted molar refractivity (Wildman–Crippen MR) is 112 cm³/mol. The monoisotopic (exact) mass is 510 g/mol. The molecular weight excluding hydrogens is 479 g/mol. The maximum Gasteiger partial charge on any atom is 0.347 e. The van der Waals surface area contributed by atoms with E-state index in [2.05, 4.69) is 4.74 Å². The third kappa shape index (κ3) is 7.97. The van der Waals surface area contributed by atoms with E-state index in [1.165, 1.54) is 6.92 Å². The molecule has 10 nitrogen and oxygen atoms in total. The molecule has 0 amide bonds. The number of sulfone groups is 3. The third-order valence-electron chi connectivity index (χ3n) is 4.65. The molecule has 0 aromatic heterocycles. The molecule has 31 heavy (non-hydrogen) atoms. The van der Waals surface area contributed by atoms with Crippen molar-refractivity contribution < 1.29 is 48.7 Å². The molecule has 0 fully saturated rings. The van der Waals surface area contributed by atoms with Gasteiger partial charge in [-0.2, -0.15) is 0 Å². The fourth-order valence-electron chi connectivity index (χ4n) is 2.48. The lowest BCUT2D eigenvalue weighted by Crippen LogP contribution is -2.48. The molecule has 0 saturated carbocycles. The van der Waals surface area contributed by atoms with Crippen LogP contribution in [0, 0.1) is 5.41 Å². The molecule has 0 aliphatic rings. The first-order valence-electron chi connectivity index (χ1n) is 9.31. The first-order chi connectivity index (χ1) is 13.6. The Morgan fingerprint density at radius 1 is 0.903 bits per heavy atom. The normalized spacial score (nSPS) is 16.4. The smallest absolute Gasteiger partial charge is 0.347 e. The van der Waals surface area contributed by atoms with E-state index in [-0.39, 0.29) is 6.42 Å². The van der Waals surface area contributed by atoms with Crippen molar-refractivity contribution in [1.29, 1.82) is 0 Å². The highest BCUT2D eigenvalue weighted by atomic mass is 32.3. The van der Waals surface area contributed by atoms with E-state index in [4.69, 9.17) is 4.74 Å². The van der Waals surface area contributed by atoms with Crippen molar-refractivity contribution in [1.82, 2.24) is 0 Å². The zero-order valence-corrected chi connectivity index (χ0v) is 21.1. The zero-order chi connectivity index (χ0) is 25.1. The van der Waals surface area contributed by atoms with Crippen molar-refractivity contribution >= 4 is 41.5 Å². The van der Waals surface area contributed by atoms with Gasteiger partial charge in [0.2, 0.25) is 5.67 Å². The molecule has 2 atom stereocenters. The highest BCUT2D eigenvalue weighted by Gasteiger charge is 2.47. The van der Waals surface area contributed by atoms with Crippen molar-refractivity contribution in [2.24, 2.45) is 5.41 Å². The van der Waals surface area contributed by atoms with Gasteiger partial charge in [0.05, 0.1) is 11.2 Å². The number of carbonyl (C=O) groups excluding carboxylic acids is 2. The van der Waals surface area contributed by atoms with E-state index in [0.717, 1.165) is 6.92 Å². The van der Waals surface area contributed by atoms with Crippen LogP contribution >= 0.6 is 0 Å². The molecule has 0 rings (SSSR count). The van der Waals surface area contributed by atoms with Crippen LogP contribution in [-0.4, -0.2) is 77.8 Å². The van der Waals surface area contributed by atoms with Crippen LogP contribution in [0.2, 0.25) is 0 Å². The Morgan fingerprint density at radius 2 is 1.35 bits per heavy atom. The summed E-state index contributed by atoms with van der Waals surface area (Å²) in [4.78, 5) is 24.4. The molecule has 2 unspecified atom stereocenters. The van der Waals surface area contributed by atoms with E-state index in [1.807, 2.05) is 0 Å². The topological polar surface area (TPSA) is 155 Å². The molecule has 184 valence electrons.